The van der Waals surface area contributed by atoms with E-state index in [1.54, 1.807) is 12.1 Å². The Hall–Kier alpha value is -1.46. The summed E-state index contributed by atoms with van der Waals surface area (Å²) in [5.74, 6) is 0.819. The smallest absolute Gasteiger partial charge is 0.496 e. The van der Waals surface area contributed by atoms with E-state index in [-0.39, 0.29) is 5.46 Å². The average molecular weight is 280 g/mol. The zero-order chi connectivity index (χ0) is 15.7. The van der Waals surface area contributed by atoms with Crippen LogP contribution in [0.3, 0.4) is 0 Å². The molecule has 1 aromatic carbocycles. The van der Waals surface area contributed by atoms with Crippen molar-refractivity contribution >= 4 is 18.2 Å². The molecule has 0 saturated carbocycles. The minimum absolute atomic E-state index is 0.246. The van der Waals surface area contributed by atoms with Crippen LogP contribution in [0.2, 0.25) is 0 Å². The fraction of sp³-hybridized carbons (Fsp3) is 0.467. The SMILES string of the molecule is C/C=C(\CC)c1cc(OC)c(B(O)O)c(OC)c1.CC. The van der Waals surface area contributed by atoms with Gasteiger partial charge in [-0.05, 0) is 36.6 Å². The first-order valence-corrected chi connectivity index (χ1v) is 6.86. The zero-order valence-corrected chi connectivity index (χ0v) is 13.2. The Morgan fingerprint density at radius 2 is 1.60 bits per heavy atom. The van der Waals surface area contributed by atoms with Gasteiger partial charge in [0.2, 0.25) is 0 Å². The van der Waals surface area contributed by atoms with E-state index in [0.717, 1.165) is 17.6 Å². The van der Waals surface area contributed by atoms with Gasteiger partial charge in [0.05, 0.1) is 19.7 Å². The Balaban J connectivity index is 0.00000172. The van der Waals surface area contributed by atoms with Crippen LogP contribution in [0.1, 0.15) is 39.7 Å². The van der Waals surface area contributed by atoms with Crippen LogP contribution in [-0.4, -0.2) is 31.4 Å². The summed E-state index contributed by atoms with van der Waals surface area (Å²) in [5.41, 5.74) is 2.35. The van der Waals surface area contributed by atoms with E-state index in [1.165, 1.54) is 14.2 Å². The van der Waals surface area contributed by atoms with Crippen molar-refractivity contribution in [3.05, 3.63) is 23.8 Å². The van der Waals surface area contributed by atoms with Gasteiger partial charge in [0, 0.05) is 0 Å². The molecule has 5 heteroatoms. The molecule has 0 unspecified atom stereocenters. The second-order valence-corrected chi connectivity index (χ2v) is 3.84. The number of benzene rings is 1. The maximum absolute atomic E-state index is 9.37. The van der Waals surface area contributed by atoms with E-state index in [0.29, 0.717) is 11.5 Å². The van der Waals surface area contributed by atoms with Crippen molar-refractivity contribution in [1.29, 1.82) is 0 Å². The number of hydrogen-bond donors (Lipinski definition) is 2. The molecule has 4 nitrogen and oxygen atoms in total. The summed E-state index contributed by atoms with van der Waals surface area (Å²) in [6, 6.07) is 3.58. The lowest BCUT2D eigenvalue weighted by Gasteiger charge is -2.15. The Labute approximate surface area is 122 Å². The van der Waals surface area contributed by atoms with Gasteiger partial charge in [0.25, 0.3) is 0 Å². The normalized spacial score (nSPS) is 10.5. The van der Waals surface area contributed by atoms with Crippen LogP contribution in [0.5, 0.6) is 11.5 Å². The summed E-state index contributed by atoms with van der Waals surface area (Å²) in [7, 11) is 1.36. The Morgan fingerprint density at radius 1 is 1.15 bits per heavy atom. The molecule has 0 aliphatic heterocycles. The highest BCUT2D eigenvalue weighted by Gasteiger charge is 2.23. The van der Waals surface area contributed by atoms with E-state index in [9.17, 15) is 10.0 Å². The van der Waals surface area contributed by atoms with Gasteiger partial charge in [0.15, 0.2) is 0 Å². The van der Waals surface area contributed by atoms with Crippen molar-refractivity contribution in [3.63, 3.8) is 0 Å². The molecule has 112 valence electrons. The molecule has 0 aromatic heterocycles. The summed E-state index contributed by atoms with van der Waals surface area (Å²) in [6.07, 6.45) is 2.90. The van der Waals surface area contributed by atoms with E-state index in [2.05, 4.69) is 6.92 Å². The van der Waals surface area contributed by atoms with Crippen molar-refractivity contribution in [2.24, 2.45) is 0 Å². The highest BCUT2D eigenvalue weighted by Crippen LogP contribution is 2.27. The molecule has 1 rings (SSSR count). The molecular weight excluding hydrogens is 255 g/mol. The van der Waals surface area contributed by atoms with Gasteiger partial charge in [-0.3, -0.25) is 0 Å². The van der Waals surface area contributed by atoms with Crippen LogP contribution in [0.4, 0.5) is 0 Å². The Morgan fingerprint density at radius 3 is 1.85 bits per heavy atom. The Bertz CT molecular complexity index is 416. The number of methoxy groups -OCH3 is 2. The fourth-order valence-corrected chi connectivity index (χ4v) is 1.95. The molecule has 0 heterocycles. The minimum atomic E-state index is -1.63. The zero-order valence-electron chi connectivity index (χ0n) is 13.2. The topological polar surface area (TPSA) is 58.9 Å². The first-order valence-electron chi connectivity index (χ1n) is 6.86. The Kier molecular flexibility index (Phi) is 8.76. The number of hydrogen-bond acceptors (Lipinski definition) is 4. The van der Waals surface area contributed by atoms with E-state index in [1.807, 2.05) is 26.8 Å². The highest BCUT2D eigenvalue weighted by atomic mass is 16.5. The first-order chi connectivity index (χ1) is 9.58. The number of rotatable bonds is 5. The van der Waals surface area contributed by atoms with E-state index < -0.39 is 7.12 Å². The van der Waals surface area contributed by atoms with Gasteiger partial charge in [-0.1, -0.05) is 26.8 Å². The molecule has 0 atom stereocenters. The van der Waals surface area contributed by atoms with Crippen LogP contribution in [-0.2, 0) is 0 Å². The molecule has 0 aliphatic rings. The van der Waals surface area contributed by atoms with Gasteiger partial charge in [0.1, 0.15) is 11.5 Å². The summed E-state index contributed by atoms with van der Waals surface area (Å²) >= 11 is 0. The molecule has 1 aromatic rings. The fourth-order valence-electron chi connectivity index (χ4n) is 1.95. The van der Waals surface area contributed by atoms with Crippen molar-refractivity contribution in [2.75, 3.05) is 14.2 Å². The number of ether oxygens (including phenoxy) is 2. The second-order valence-electron chi connectivity index (χ2n) is 3.84. The van der Waals surface area contributed by atoms with Gasteiger partial charge >= 0.3 is 7.12 Å². The minimum Gasteiger partial charge on any atom is -0.497 e. The van der Waals surface area contributed by atoms with Crippen LogP contribution < -0.4 is 14.9 Å². The lowest BCUT2D eigenvalue weighted by Crippen LogP contribution is -2.32. The molecule has 0 spiro atoms. The van der Waals surface area contributed by atoms with Crippen LogP contribution in [0, 0.1) is 0 Å². The van der Waals surface area contributed by atoms with Crippen molar-refractivity contribution in [2.45, 2.75) is 34.1 Å². The summed E-state index contributed by atoms with van der Waals surface area (Å²) < 4.78 is 10.4. The maximum Gasteiger partial charge on any atom is 0.496 e. The molecule has 0 amide bonds. The second kappa shape index (κ2) is 9.45. The first kappa shape index (κ1) is 18.5. The quantitative estimate of drug-likeness (QED) is 0.812. The predicted octanol–water partition coefficient (Wildman–Crippen LogP) is 2.22. The molecular formula is C15H25BO4. The van der Waals surface area contributed by atoms with Crippen molar-refractivity contribution in [3.8, 4) is 11.5 Å². The van der Waals surface area contributed by atoms with Crippen molar-refractivity contribution in [1.82, 2.24) is 0 Å². The highest BCUT2D eigenvalue weighted by molar-refractivity contribution is 6.61. The summed E-state index contributed by atoms with van der Waals surface area (Å²) in [5, 5.41) is 18.7. The monoisotopic (exact) mass is 280 g/mol. The van der Waals surface area contributed by atoms with Gasteiger partial charge in [-0.15, -0.1) is 0 Å². The van der Waals surface area contributed by atoms with Crippen molar-refractivity contribution < 1.29 is 19.5 Å². The van der Waals surface area contributed by atoms with Crippen LogP contribution >= 0.6 is 0 Å². The predicted molar refractivity (Wildman–Crippen MR) is 84.7 cm³/mol. The molecule has 2 N–H and O–H groups in total. The molecule has 20 heavy (non-hydrogen) atoms. The van der Waals surface area contributed by atoms with Gasteiger partial charge < -0.3 is 19.5 Å². The molecule has 0 fully saturated rings. The number of allylic oxidation sites excluding steroid dienone is 2. The van der Waals surface area contributed by atoms with Crippen LogP contribution in [0.15, 0.2) is 18.2 Å². The van der Waals surface area contributed by atoms with E-state index in [4.69, 9.17) is 9.47 Å². The largest absolute Gasteiger partial charge is 0.497 e. The maximum atomic E-state index is 9.37. The lowest BCUT2D eigenvalue weighted by molar-refractivity contribution is 0.385. The summed E-state index contributed by atoms with van der Waals surface area (Å²) in [6.45, 7) is 8.02. The average Bonchev–Trinajstić information content (AvgIpc) is 2.49. The molecule has 0 bridgehead atoms. The molecule has 0 saturated heterocycles. The van der Waals surface area contributed by atoms with Gasteiger partial charge in [-0.25, -0.2) is 0 Å². The third-order valence-electron chi connectivity index (χ3n) is 2.90. The third-order valence-corrected chi connectivity index (χ3v) is 2.90. The van der Waals surface area contributed by atoms with Crippen LogP contribution in [0.25, 0.3) is 5.57 Å². The molecule has 0 radical (unpaired) electrons. The standard InChI is InChI=1S/C13H19BO4.C2H6/c1-5-9(6-2)10-7-11(17-3)13(14(15)16)12(8-10)18-4;1-2/h5,7-8,15-16H,6H2,1-4H3;1-2H3/b9-5+;. The summed E-state index contributed by atoms with van der Waals surface area (Å²) in [4.78, 5) is 0. The van der Waals surface area contributed by atoms with Gasteiger partial charge in [-0.2, -0.15) is 0 Å². The molecule has 0 aliphatic carbocycles. The lowest BCUT2D eigenvalue weighted by atomic mass is 9.77. The third kappa shape index (κ3) is 4.29. The van der Waals surface area contributed by atoms with E-state index >= 15 is 0 Å².